The van der Waals surface area contributed by atoms with Crippen LogP contribution in [0, 0.1) is 5.92 Å². The van der Waals surface area contributed by atoms with Gasteiger partial charge < -0.3 is 9.47 Å². The van der Waals surface area contributed by atoms with Gasteiger partial charge in [0.25, 0.3) is 0 Å². The van der Waals surface area contributed by atoms with Crippen molar-refractivity contribution in [2.24, 2.45) is 5.92 Å². The Labute approximate surface area is 153 Å². The number of nitrogens with zero attached hydrogens (tertiary/aromatic N) is 3. The molecular weight excluding hydrogens is 345 g/mol. The highest BCUT2D eigenvalue weighted by Gasteiger charge is 2.22. The SMILES string of the molecule is CC(C)C(=O)N(Cc1nccn1Cc1ccc(Cl)cc1Cl)C(C)C. The quantitative estimate of drug-likeness (QED) is 0.746. The van der Waals surface area contributed by atoms with Gasteiger partial charge in [0, 0.05) is 34.4 Å². The average molecular weight is 368 g/mol. The van der Waals surface area contributed by atoms with Gasteiger partial charge in [-0.05, 0) is 31.5 Å². The molecule has 1 amide bonds. The summed E-state index contributed by atoms with van der Waals surface area (Å²) < 4.78 is 2.01. The zero-order valence-electron chi connectivity index (χ0n) is 14.5. The third-order valence-electron chi connectivity index (χ3n) is 3.87. The van der Waals surface area contributed by atoms with E-state index >= 15 is 0 Å². The molecule has 0 aliphatic carbocycles. The number of rotatable bonds is 6. The molecule has 0 bridgehead atoms. The Morgan fingerprint density at radius 2 is 1.96 bits per heavy atom. The van der Waals surface area contributed by atoms with Crippen LogP contribution in [-0.2, 0) is 17.9 Å². The molecule has 6 heteroatoms. The van der Waals surface area contributed by atoms with Crippen molar-refractivity contribution in [3.8, 4) is 0 Å². The van der Waals surface area contributed by atoms with Crippen molar-refractivity contribution in [3.05, 3.63) is 52.0 Å². The van der Waals surface area contributed by atoms with Crippen LogP contribution in [0.4, 0.5) is 0 Å². The predicted molar refractivity (Wildman–Crippen MR) is 98.3 cm³/mol. The maximum Gasteiger partial charge on any atom is 0.225 e. The van der Waals surface area contributed by atoms with Crippen LogP contribution in [0.5, 0.6) is 0 Å². The van der Waals surface area contributed by atoms with Crippen LogP contribution in [0.1, 0.15) is 39.1 Å². The number of benzene rings is 1. The van der Waals surface area contributed by atoms with Crippen molar-refractivity contribution in [1.29, 1.82) is 0 Å². The van der Waals surface area contributed by atoms with Crippen molar-refractivity contribution < 1.29 is 4.79 Å². The van der Waals surface area contributed by atoms with Gasteiger partial charge in [0.1, 0.15) is 5.82 Å². The van der Waals surface area contributed by atoms with Crippen LogP contribution in [0.25, 0.3) is 0 Å². The molecule has 130 valence electrons. The Hall–Kier alpha value is -1.52. The molecular formula is C18H23Cl2N3O. The molecule has 24 heavy (non-hydrogen) atoms. The normalized spacial score (nSPS) is 11.3. The number of aromatic nitrogens is 2. The lowest BCUT2D eigenvalue weighted by Crippen LogP contribution is -2.39. The highest BCUT2D eigenvalue weighted by Crippen LogP contribution is 2.22. The molecule has 2 rings (SSSR count). The maximum absolute atomic E-state index is 12.4. The summed E-state index contributed by atoms with van der Waals surface area (Å²) in [5, 5.41) is 1.24. The molecule has 0 atom stereocenters. The second-order valence-electron chi connectivity index (χ2n) is 6.42. The van der Waals surface area contributed by atoms with Crippen LogP contribution in [0.2, 0.25) is 10.0 Å². The Bertz CT molecular complexity index is 710. The van der Waals surface area contributed by atoms with E-state index in [2.05, 4.69) is 4.98 Å². The van der Waals surface area contributed by atoms with Gasteiger partial charge in [-0.25, -0.2) is 4.98 Å². The van der Waals surface area contributed by atoms with Crippen molar-refractivity contribution in [3.63, 3.8) is 0 Å². The number of carbonyl (C=O) groups is 1. The van der Waals surface area contributed by atoms with Crippen molar-refractivity contribution in [2.45, 2.75) is 46.8 Å². The fourth-order valence-corrected chi connectivity index (χ4v) is 2.94. The van der Waals surface area contributed by atoms with Crippen molar-refractivity contribution in [2.75, 3.05) is 0 Å². The standard InChI is InChI=1S/C18H23Cl2N3O/c1-12(2)18(24)23(13(3)4)11-17-21-7-8-22(17)10-14-5-6-15(19)9-16(14)20/h5-9,12-13H,10-11H2,1-4H3. The van der Waals surface area contributed by atoms with E-state index in [1.54, 1.807) is 12.3 Å². The van der Waals surface area contributed by atoms with Crippen LogP contribution >= 0.6 is 23.2 Å². The monoisotopic (exact) mass is 367 g/mol. The van der Waals surface area contributed by atoms with E-state index < -0.39 is 0 Å². The van der Waals surface area contributed by atoms with Crippen LogP contribution in [-0.4, -0.2) is 26.4 Å². The van der Waals surface area contributed by atoms with Crippen LogP contribution in [0.15, 0.2) is 30.6 Å². The lowest BCUT2D eigenvalue weighted by molar-refractivity contribution is -0.137. The van der Waals surface area contributed by atoms with Gasteiger partial charge in [-0.15, -0.1) is 0 Å². The molecule has 0 aliphatic heterocycles. The fourth-order valence-electron chi connectivity index (χ4n) is 2.47. The molecule has 0 aliphatic rings. The first kappa shape index (κ1) is 18.8. The smallest absolute Gasteiger partial charge is 0.225 e. The summed E-state index contributed by atoms with van der Waals surface area (Å²) in [5.74, 6) is 0.925. The number of hydrogen-bond acceptors (Lipinski definition) is 2. The Morgan fingerprint density at radius 3 is 2.54 bits per heavy atom. The van der Waals surface area contributed by atoms with Gasteiger partial charge in [0.05, 0.1) is 13.1 Å². The molecule has 0 saturated carbocycles. The van der Waals surface area contributed by atoms with Crippen molar-refractivity contribution in [1.82, 2.24) is 14.5 Å². The second kappa shape index (κ2) is 8.04. The first-order valence-electron chi connectivity index (χ1n) is 8.04. The Kier molecular flexibility index (Phi) is 6.30. The van der Waals surface area contributed by atoms with Gasteiger partial charge in [-0.2, -0.15) is 0 Å². The summed E-state index contributed by atoms with van der Waals surface area (Å²) in [6, 6.07) is 5.58. The molecule has 0 spiro atoms. The van der Waals surface area contributed by atoms with E-state index in [4.69, 9.17) is 23.2 Å². The number of hydrogen-bond donors (Lipinski definition) is 0. The largest absolute Gasteiger partial charge is 0.333 e. The third kappa shape index (κ3) is 4.52. The maximum atomic E-state index is 12.4. The summed E-state index contributed by atoms with van der Waals surface area (Å²) in [4.78, 5) is 18.7. The lowest BCUT2D eigenvalue weighted by atomic mass is 10.1. The number of halogens is 2. The van der Waals surface area contributed by atoms with Gasteiger partial charge >= 0.3 is 0 Å². The van der Waals surface area contributed by atoms with E-state index in [0.717, 1.165) is 11.4 Å². The van der Waals surface area contributed by atoms with Crippen LogP contribution in [0.3, 0.4) is 0 Å². The number of carbonyl (C=O) groups excluding carboxylic acids is 1. The fraction of sp³-hybridized carbons (Fsp3) is 0.444. The minimum atomic E-state index is -0.0403. The topological polar surface area (TPSA) is 38.1 Å². The Morgan fingerprint density at radius 1 is 1.25 bits per heavy atom. The number of imidazole rings is 1. The highest BCUT2D eigenvalue weighted by molar-refractivity contribution is 6.35. The highest BCUT2D eigenvalue weighted by atomic mass is 35.5. The van der Waals surface area contributed by atoms with E-state index in [0.29, 0.717) is 23.1 Å². The zero-order chi connectivity index (χ0) is 17.9. The van der Waals surface area contributed by atoms with Gasteiger partial charge in [-0.1, -0.05) is 43.1 Å². The molecule has 1 aromatic carbocycles. The molecule has 0 radical (unpaired) electrons. The molecule has 0 saturated heterocycles. The predicted octanol–water partition coefficient (Wildman–Crippen LogP) is 4.63. The molecule has 4 nitrogen and oxygen atoms in total. The van der Waals surface area contributed by atoms with Gasteiger partial charge in [-0.3, -0.25) is 4.79 Å². The minimum absolute atomic E-state index is 0.0403. The number of amides is 1. The first-order chi connectivity index (χ1) is 11.3. The van der Waals surface area contributed by atoms with Crippen molar-refractivity contribution >= 4 is 29.1 Å². The van der Waals surface area contributed by atoms with E-state index in [-0.39, 0.29) is 17.9 Å². The molecule has 1 heterocycles. The van der Waals surface area contributed by atoms with E-state index in [1.165, 1.54) is 0 Å². The zero-order valence-corrected chi connectivity index (χ0v) is 16.0. The summed E-state index contributed by atoms with van der Waals surface area (Å²) in [6.07, 6.45) is 3.65. The summed E-state index contributed by atoms with van der Waals surface area (Å²) in [7, 11) is 0. The average Bonchev–Trinajstić information content (AvgIpc) is 2.93. The molecule has 2 aromatic rings. The molecule has 0 N–H and O–H groups in total. The minimum Gasteiger partial charge on any atom is -0.333 e. The van der Waals surface area contributed by atoms with Gasteiger partial charge in [0.2, 0.25) is 5.91 Å². The van der Waals surface area contributed by atoms with E-state index in [9.17, 15) is 4.79 Å². The van der Waals surface area contributed by atoms with Gasteiger partial charge in [0.15, 0.2) is 0 Å². The lowest BCUT2D eigenvalue weighted by Gasteiger charge is -2.28. The second-order valence-corrected chi connectivity index (χ2v) is 7.27. The molecule has 1 aromatic heterocycles. The summed E-state index contributed by atoms with van der Waals surface area (Å²) in [5.41, 5.74) is 0.964. The third-order valence-corrected chi connectivity index (χ3v) is 4.46. The van der Waals surface area contributed by atoms with E-state index in [1.807, 2.05) is 55.5 Å². The Balaban J connectivity index is 2.21. The molecule has 0 unspecified atom stereocenters. The summed E-state index contributed by atoms with van der Waals surface area (Å²) in [6.45, 7) is 8.93. The first-order valence-corrected chi connectivity index (χ1v) is 8.79. The molecule has 0 fully saturated rings. The summed E-state index contributed by atoms with van der Waals surface area (Å²) >= 11 is 12.2. The van der Waals surface area contributed by atoms with Crippen LogP contribution < -0.4 is 0 Å².